The lowest BCUT2D eigenvalue weighted by molar-refractivity contribution is 0.102. The lowest BCUT2D eigenvalue weighted by Crippen LogP contribution is -2.38. The van der Waals surface area contributed by atoms with Crippen molar-refractivity contribution in [1.82, 2.24) is 4.98 Å². The number of pyridine rings is 1. The number of ether oxygens (including phenoxy) is 1. The molecule has 0 spiro atoms. The molecule has 2 aromatic rings. The Hall–Kier alpha value is -2.11. The molecule has 1 N–H and O–H groups in total. The number of benzene rings is 1. The van der Waals surface area contributed by atoms with Crippen LogP contribution >= 0.6 is 11.6 Å². The highest BCUT2D eigenvalue weighted by Gasteiger charge is 2.20. The molecule has 120 valence electrons. The molecule has 0 unspecified atom stereocenters. The van der Waals surface area contributed by atoms with Crippen LogP contribution in [-0.2, 0) is 4.74 Å². The predicted molar refractivity (Wildman–Crippen MR) is 91.4 cm³/mol. The normalized spacial score (nSPS) is 14.6. The number of rotatable bonds is 3. The number of aryl methyl sites for hydroxylation is 1. The molecule has 1 aliphatic rings. The second-order valence-corrected chi connectivity index (χ2v) is 5.82. The first-order valence-electron chi connectivity index (χ1n) is 7.50. The fraction of sp³-hybridized carbons (Fsp3) is 0.294. The summed E-state index contributed by atoms with van der Waals surface area (Å²) in [5.41, 5.74) is 2.17. The van der Waals surface area contributed by atoms with Crippen molar-refractivity contribution < 1.29 is 9.53 Å². The second kappa shape index (κ2) is 6.98. The number of morpholine rings is 1. The van der Waals surface area contributed by atoms with Gasteiger partial charge in [0, 0.05) is 19.3 Å². The highest BCUT2D eigenvalue weighted by atomic mass is 35.5. The first-order valence-corrected chi connectivity index (χ1v) is 7.88. The Labute approximate surface area is 140 Å². The molecule has 5 nitrogen and oxygen atoms in total. The average molecular weight is 332 g/mol. The van der Waals surface area contributed by atoms with Gasteiger partial charge < -0.3 is 15.0 Å². The number of hydrogen-bond acceptors (Lipinski definition) is 4. The highest BCUT2D eigenvalue weighted by Crippen LogP contribution is 2.25. The summed E-state index contributed by atoms with van der Waals surface area (Å²) < 4.78 is 5.36. The van der Waals surface area contributed by atoms with Gasteiger partial charge in [-0.2, -0.15) is 0 Å². The predicted octanol–water partition coefficient (Wildman–Crippen LogP) is 3.13. The Morgan fingerprint density at radius 1 is 1.30 bits per heavy atom. The van der Waals surface area contributed by atoms with Crippen LogP contribution in [0.5, 0.6) is 0 Å². The number of nitrogens with zero attached hydrogens (tertiary/aromatic N) is 2. The molecule has 2 heterocycles. The molecule has 0 bridgehead atoms. The van der Waals surface area contributed by atoms with E-state index in [1.165, 1.54) is 0 Å². The molecular weight excluding hydrogens is 314 g/mol. The number of carbonyl (C=O) groups is 1. The standard InChI is InChI=1S/C17H18ClN3O2/c1-12-4-5-15(14(18)11-12)20-17(22)13-3-2-6-19-16(13)21-7-9-23-10-8-21/h2-6,11H,7-10H2,1H3,(H,20,22). The molecule has 0 saturated carbocycles. The first kappa shape index (κ1) is 15.8. The van der Waals surface area contributed by atoms with Gasteiger partial charge in [-0.25, -0.2) is 4.98 Å². The third kappa shape index (κ3) is 3.63. The second-order valence-electron chi connectivity index (χ2n) is 5.41. The summed E-state index contributed by atoms with van der Waals surface area (Å²) in [6.45, 7) is 4.68. The van der Waals surface area contributed by atoms with E-state index in [1.54, 1.807) is 24.4 Å². The van der Waals surface area contributed by atoms with Crippen molar-refractivity contribution >= 4 is 29.0 Å². The van der Waals surface area contributed by atoms with Gasteiger partial charge in [-0.15, -0.1) is 0 Å². The Morgan fingerprint density at radius 2 is 2.09 bits per heavy atom. The van der Waals surface area contributed by atoms with Crippen molar-refractivity contribution in [3.05, 3.63) is 52.7 Å². The van der Waals surface area contributed by atoms with Gasteiger partial charge in [-0.3, -0.25) is 4.79 Å². The van der Waals surface area contributed by atoms with E-state index in [9.17, 15) is 4.79 Å². The summed E-state index contributed by atoms with van der Waals surface area (Å²) >= 11 is 6.19. The van der Waals surface area contributed by atoms with Crippen LogP contribution in [0.2, 0.25) is 5.02 Å². The number of halogens is 1. The molecule has 6 heteroatoms. The molecule has 1 saturated heterocycles. The summed E-state index contributed by atoms with van der Waals surface area (Å²) in [4.78, 5) is 19.1. The summed E-state index contributed by atoms with van der Waals surface area (Å²) in [5, 5.41) is 3.39. The zero-order valence-corrected chi connectivity index (χ0v) is 13.6. The third-order valence-electron chi connectivity index (χ3n) is 3.71. The van der Waals surface area contributed by atoms with Gasteiger partial charge in [-0.05, 0) is 36.8 Å². The summed E-state index contributed by atoms with van der Waals surface area (Å²) in [6, 6.07) is 9.07. The highest BCUT2D eigenvalue weighted by molar-refractivity contribution is 6.34. The van der Waals surface area contributed by atoms with Crippen molar-refractivity contribution in [1.29, 1.82) is 0 Å². The number of hydrogen-bond donors (Lipinski definition) is 1. The van der Waals surface area contributed by atoms with E-state index in [0.717, 1.165) is 18.7 Å². The lowest BCUT2D eigenvalue weighted by Gasteiger charge is -2.29. The van der Waals surface area contributed by atoms with E-state index in [1.807, 2.05) is 19.1 Å². The first-order chi connectivity index (χ1) is 11.1. The van der Waals surface area contributed by atoms with Gasteiger partial charge in [0.05, 0.1) is 29.5 Å². The maximum Gasteiger partial charge on any atom is 0.259 e. The van der Waals surface area contributed by atoms with Crippen LogP contribution in [0.4, 0.5) is 11.5 Å². The summed E-state index contributed by atoms with van der Waals surface area (Å²) in [6.07, 6.45) is 1.69. The van der Waals surface area contributed by atoms with Crippen LogP contribution in [0.3, 0.4) is 0 Å². The molecule has 0 radical (unpaired) electrons. The van der Waals surface area contributed by atoms with Crippen molar-refractivity contribution in [2.45, 2.75) is 6.92 Å². The topological polar surface area (TPSA) is 54.5 Å². The molecule has 23 heavy (non-hydrogen) atoms. The molecule has 1 amide bonds. The van der Waals surface area contributed by atoms with Crippen LogP contribution in [0.25, 0.3) is 0 Å². The van der Waals surface area contributed by atoms with Gasteiger partial charge in [0.25, 0.3) is 5.91 Å². The van der Waals surface area contributed by atoms with E-state index in [4.69, 9.17) is 16.3 Å². The molecule has 3 rings (SSSR count). The van der Waals surface area contributed by atoms with Crippen LogP contribution in [0, 0.1) is 6.92 Å². The molecule has 0 aliphatic carbocycles. The third-order valence-corrected chi connectivity index (χ3v) is 4.03. The van der Waals surface area contributed by atoms with E-state index >= 15 is 0 Å². The summed E-state index contributed by atoms with van der Waals surface area (Å²) in [5.74, 6) is 0.460. The maximum atomic E-state index is 12.6. The smallest absolute Gasteiger partial charge is 0.259 e. The van der Waals surface area contributed by atoms with Gasteiger partial charge in [-0.1, -0.05) is 17.7 Å². The zero-order chi connectivity index (χ0) is 16.2. The fourth-order valence-corrected chi connectivity index (χ4v) is 2.79. The van der Waals surface area contributed by atoms with Crippen molar-refractivity contribution in [2.75, 3.05) is 36.5 Å². The fourth-order valence-electron chi connectivity index (χ4n) is 2.51. The average Bonchev–Trinajstić information content (AvgIpc) is 2.58. The Kier molecular flexibility index (Phi) is 4.79. The monoisotopic (exact) mass is 331 g/mol. The van der Waals surface area contributed by atoms with Gasteiger partial charge in [0.1, 0.15) is 5.82 Å². The lowest BCUT2D eigenvalue weighted by atomic mass is 10.2. The quantitative estimate of drug-likeness (QED) is 0.938. The van der Waals surface area contributed by atoms with Gasteiger partial charge >= 0.3 is 0 Å². The van der Waals surface area contributed by atoms with Gasteiger partial charge in [0.15, 0.2) is 0 Å². The summed E-state index contributed by atoms with van der Waals surface area (Å²) in [7, 11) is 0. The van der Waals surface area contributed by atoms with E-state index in [0.29, 0.717) is 35.3 Å². The molecule has 1 fully saturated rings. The minimum absolute atomic E-state index is 0.217. The largest absolute Gasteiger partial charge is 0.378 e. The molecule has 0 atom stereocenters. The van der Waals surface area contributed by atoms with Crippen molar-refractivity contribution in [2.24, 2.45) is 0 Å². The number of aromatic nitrogens is 1. The maximum absolute atomic E-state index is 12.6. The minimum atomic E-state index is -0.217. The number of carbonyl (C=O) groups excluding carboxylic acids is 1. The SMILES string of the molecule is Cc1ccc(NC(=O)c2cccnc2N2CCOCC2)c(Cl)c1. The van der Waals surface area contributed by atoms with Gasteiger partial charge in [0.2, 0.25) is 0 Å². The molecule has 1 aromatic heterocycles. The van der Waals surface area contributed by atoms with Crippen LogP contribution in [0.1, 0.15) is 15.9 Å². The number of anilines is 2. The van der Waals surface area contributed by atoms with Crippen molar-refractivity contribution in [3.63, 3.8) is 0 Å². The Balaban J connectivity index is 1.84. The van der Waals surface area contributed by atoms with Crippen LogP contribution in [-0.4, -0.2) is 37.2 Å². The van der Waals surface area contributed by atoms with Crippen molar-refractivity contribution in [3.8, 4) is 0 Å². The minimum Gasteiger partial charge on any atom is -0.378 e. The van der Waals surface area contributed by atoms with Crippen LogP contribution in [0.15, 0.2) is 36.5 Å². The van der Waals surface area contributed by atoms with E-state index in [2.05, 4.69) is 15.2 Å². The van der Waals surface area contributed by atoms with Crippen LogP contribution < -0.4 is 10.2 Å². The molecular formula is C17H18ClN3O2. The number of nitrogens with one attached hydrogen (secondary N) is 1. The van der Waals surface area contributed by atoms with E-state index < -0.39 is 0 Å². The Morgan fingerprint density at radius 3 is 2.83 bits per heavy atom. The molecule has 1 aromatic carbocycles. The zero-order valence-electron chi connectivity index (χ0n) is 12.9. The Bertz CT molecular complexity index is 715. The molecule has 1 aliphatic heterocycles. The van der Waals surface area contributed by atoms with E-state index in [-0.39, 0.29) is 5.91 Å². The number of amides is 1.